The number of nitrogens with zero attached hydrogens (tertiary/aromatic N) is 2. The largest absolute Gasteiger partial charge is 0.456 e. The quantitative estimate of drug-likeness (QED) is 0.191. The number of allylic oxidation sites excluding steroid dienone is 4. The molecule has 4 heteroatoms. The molecule has 232 valence electrons. The summed E-state index contributed by atoms with van der Waals surface area (Å²) in [4.78, 5) is 12.3. The topological polar surface area (TPSA) is 35.0 Å². The average molecular weight is 647 g/mol. The Morgan fingerprint density at radius 1 is 0.551 bits per heavy atom. The fraction of sp³-hybridized carbons (Fsp3) is 0.0667. The minimum atomic E-state index is -0.374. The SMILES string of the molecule is C1=CC2c3ccccc3C3(c4ccccc4Oc4c(-c5ccc(-c6nc(-c7ccccc7)cc(-c7ccccc7)n6)s5)cccc43)C2C=C1. The number of thiophene rings is 1. The minimum Gasteiger partial charge on any atom is -0.456 e. The predicted octanol–water partition coefficient (Wildman–Crippen LogP) is 11.5. The molecule has 0 radical (unpaired) electrons. The number of hydrogen-bond donors (Lipinski definition) is 0. The number of benzene rings is 5. The number of rotatable bonds is 4. The number of fused-ring (bicyclic) bond motifs is 9. The molecule has 1 aliphatic heterocycles. The third kappa shape index (κ3) is 4.27. The van der Waals surface area contributed by atoms with E-state index < -0.39 is 0 Å². The van der Waals surface area contributed by atoms with Crippen LogP contribution in [-0.2, 0) is 5.41 Å². The first kappa shape index (κ1) is 28.2. The highest BCUT2D eigenvalue weighted by molar-refractivity contribution is 7.18. The van der Waals surface area contributed by atoms with Crippen molar-refractivity contribution in [2.24, 2.45) is 5.92 Å². The third-order valence-corrected chi connectivity index (χ3v) is 11.4. The summed E-state index contributed by atoms with van der Waals surface area (Å²) in [5.41, 5.74) is 9.85. The molecule has 1 spiro atoms. The van der Waals surface area contributed by atoms with E-state index in [1.807, 2.05) is 12.1 Å². The number of hydrogen-bond acceptors (Lipinski definition) is 4. The van der Waals surface area contributed by atoms with E-state index in [1.54, 1.807) is 11.3 Å². The Hall–Kier alpha value is -5.84. The van der Waals surface area contributed by atoms with E-state index in [0.717, 1.165) is 55.2 Å². The molecule has 49 heavy (non-hydrogen) atoms. The van der Waals surface area contributed by atoms with Crippen molar-refractivity contribution in [1.29, 1.82) is 0 Å². The molecule has 5 aromatic carbocycles. The lowest BCUT2D eigenvalue weighted by Crippen LogP contribution is -2.37. The zero-order valence-electron chi connectivity index (χ0n) is 26.5. The Morgan fingerprint density at radius 3 is 1.96 bits per heavy atom. The lowest BCUT2D eigenvalue weighted by Gasteiger charge is -2.43. The molecule has 0 amide bonds. The second kappa shape index (κ2) is 11.1. The third-order valence-electron chi connectivity index (χ3n) is 10.3. The number of para-hydroxylation sites is 2. The van der Waals surface area contributed by atoms with Crippen LogP contribution in [0.5, 0.6) is 11.5 Å². The van der Waals surface area contributed by atoms with E-state index in [4.69, 9.17) is 14.7 Å². The van der Waals surface area contributed by atoms with E-state index in [0.29, 0.717) is 5.92 Å². The van der Waals surface area contributed by atoms with Gasteiger partial charge in [-0.1, -0.05) is 140 Å². The van der Waals surface area contributed by atoms with Gasteiger partial charge in [-0.05, 0) is 41.5 Å². The van der Waals surface area contributed by atoms with Crippen molar-refractivity contribution in [2.75, 3.05) is 0 Å². The van der Waals surface area contributed by atoms with Crippen LogP contribution in [0, 0.1) is 5.92 Å². The van der Waals surface area contributed by atoms with Gasteiger partial charge < -0.3 is 4.74 Å². The molecule has 3 aliphatic rings. The van der Waals surface area contributed by atoms with E-state index >= 15 is 0 Å². The molecule has 3 unspecified atom stereocenters. The first-order valence-electron chi connectivity index (χ1n) is 16.7. The number of aromatic nitrogens is 2. The van der Waals surface area contributed by atoms with Crippen LogP contribution in [0.3, 0.4) is 0 Å². The molecule has 2 aliphatic carbocycles. The van der Waals surface area contributed by atoms with Gasteiger partial charge in [0.25, 0.3) is 0 Å². The molecule has 3 atom stereocenters. The standard InChI is InChI=1S/C45H30N2OS/c1-3-14-29(15-4-1)38-28-39(30-16-5-2-6-17-30)47-44(46-38)42-27-26-41(49-42)33-20-13-24-37-43(33)48-40-25-12-11-23-36(40)45(37)34-21-9-7-18-31(34)32-19-8-10-22-35(32)45/h1-28,31,34H. The fourth-order valence-corrected chi connectivity index (χ4v) is 9.22. The maximum atomic E-state index is 6.95. The van der Waals surface area contributed by atoms with Gasteiger partial charge >= 0.3 is 0 Å². The average Bonchev–Trinajstić information content (AvgIpc) is 3.78. The smallest absolute Gasteiger partial charge is 0.170 e. The Labute approximate surface area is 289 Å². The Morgan fingerprint density at radius 2 is 1.18 bits per heavy atom. The van der Waals surface area contributed by atoms with Gasteiger partial charge in [-0.2, -0.15) is 0 Å². The molecule has 0 saturated heterocycles. The summed E-state index contributed by atoms with van der Waals surface area (Å²) in [7, 11) is 0. The lowest BCUT2D eigenvalue weighted by atomic mass is 9.61. The van der Waals surface area contributed by atoms with Crippen LogP contribution >= 0.6 is 11.3 Å². The summed E-state index contributed by atoms with van der Waals surface area (Å²) in [6, 6.07) is 51.4. The molecule has 3 nitrogen and oxygen atoms in total. The first-order valence-corrected chi connectivity index (χ1v) is 17.6. The fourth-order valence-electron chi connectivity index (χ4n) is 8.26. The number of ether oxygens (including phenoxy) is 1. The van der Waals surface area contributed by atoms with Crippen molar-refractivity contribution in [1.82, 2.24) is 9.97 Å². The Balaban J connectivity index is 1.15. The first-order chi connectivity index (χ1) is 24.3. The van der Waals surface area contributed by atoms with Crippen LogP contribution in [0.4, 0.5) is 0 Å². The van der Waals surface area contributed by atoms with Gasteiger partial charge in [0.05, 0.1) is 21.7 Å². The molecule has 0 N–H and O–H groups in total. The van der Waals surface area contributed by atoms with Gasteiger partial charge in [0.1, 0.15) is 11.5 Å². The van der Waals surface area contributed by atoms with Crippen molar-refractivity contribution in [3.8, 4) is 55.2 Å². The summed E-state index contributed by atoms with van der Waals surface area (Å²) in [6.07, 6.45) is 9.20. The summed E-state index contributed by atoms with van der Waals surface area (Å²) < 4.78 is 6.95. The molecular formula is C45H30N2OS. The highest BCUT2D eigenvalue weighted by atomic mass is 32.1. The summed E-state index contributed by atoms with van der Waals surface area (Å²) in [5, 5.41) is 0. The van der Waals surface area contributed by atoms with Crippen molar-refractivity contribution in [2.45, 2.75) is 11.3 Å². The van der Waals surface area contributed by atoms with Crippen LogP contribution in [0.1, 0.15) is 28.2 Å². The van der Waals surface area contributed by atoms with Gasteiger partial charge in [-0.15, -0.1) is 11.3 Å². The molecule has 2 aromatic heterocycles. The van der Waals surface area contributed by atoms with Crippen LogP contribution in [0.15, 0.2) is 170 Å². The van der Waals surface area contributed by atoms with Crippen molar-refractivity contribution >= 4 is 11.3 Å². The van der Waals surface area contributed by atoms with Gasteiger partial charge in [-0.3, -0.25) is 0 Å². The maximum Gasteiger partial charge on any atom is 0.170 e. The van der Waals surface area contributed by atoms with Crippen LogP contribution in [0.2, 0.25) is 0 Å². The molecular weight excluding hydrogens is 617 g/mol. The van der Waals surface area contributed by atoms with Gasteiger partial charge in [0.15, 0.2) is 5.82 Å². The van der Waals surface area contributed by atoms with Gasteiger partial charge in [-0.25, -0.2) is 9.97 Å². The van der Waals surface area contributed by atoms with Crippen molar-refractivity contribution < 1.29 is 4.74 Å². The lowest BCUT2D eigenvalue weighted by molar-refractivity contribution is 0.375. The van der Waals surface area contributed by atoms with E-state index in [2.05, 4.69) is 158 Å². The molecule has 0 fully saturated rings. The minimum absolute atomic E-state index is 0.235. The highest BCUT2D eigenvalue weighted by Gasteiger charge is 2.56. The van der Waals surface area contributed by atoms with Gasteiger partial charge in [0, 0.05) is 44.5 Å². The van der Waals surface area contributed by atoms with Crippen LogP contribution in [-0.4, -0.2) is 9.97 Å². The highest BCUT2D eigenvalue weighted by Crippen LogP contribution is 2.65. The van der Waals surface area contributed by atoms with Gasteiger partial charge in [0.2, 0.25) is 0 Å². The second-order valence-electron chi connectivity index (χ2n) is 12.9. The van der Waals surface area contributed by atoms with E-state index in [9.17, 15) is 0 Å². The van der Waals surface area contributed by atoms with E-state index in [-0.39, 0.29) is 11.3 Å². The van der Waals surface area contributed by atoms with Crippen molar-refractivity contribution in [3.05, 3.63) is 192 Å². The predicted molar refractivity (Wildman–Crippen MR) is 199 cm³/mol. The zero-order valence-corrected chi connectivity index (χ0v) is 27.3. The normalized spacial score (nSPS) is 19.5. The maximum absolute atomic E-state index is 6.95. The molecule has 7 aromatic rings. The summed E-state index contributed by atoms with van der Waals surface area (Å²) in [5.74, 6) is 3.10. The molecule has 0 bridgehead atoms. The Kier molecular flexibility index (Phi) is 6.40. The summed E-state index contributed by atoms with van der Waals surface area (Å²) >= 11 is 1.71. The van der Waals surface area contributed by atoms with Crippen LogP contribution in [0.25, 0.3) is 43.7 Å². The molecule has 0 saturated carbocycles. The molecule has 10 rings (SSSR count). The van der Waals surface area contributed by atoms with Crippen molar-refractivity contribution in [3.63, 3.8) is 0 Å². The van der Waals surface area contributed by atoms with E-state index in [1.165, 1.54) is 22.3 Å². The second-order valence-corrected chi connectivity index (χ2v) is 13.9. The monoisotopic (exact) mass is 646 g/mol. The molecule has 3 heterocycles. The Bertz CT molecular complexity index is 2390. The van der Waals surface area contributed by atoms with Crippen LogP contribution < -0.4 is 4.74 Å². The summed E-state index contributed by atoms with van der Waals surface area (Å²) in [6.45, 7) is 0. The zero-order chi connectivity index (χ0) is 32.4.